The van der Waals surface area contributed by atoms with E-state index >= 15 is 0 Å². The van der Waals surface area contributed by atoms with Gasteiger partial charge in [-0.05, 0) is 25.0 Å². The third kappa shape index (κ3) is 3.36. The van der Waals surface area contributed by atoms with E-state index in [-0.39, 0.29) is 16.6 Å². The Hall–Kier alpha value is -1.44. The van der Waals surface area contributed by atoms with Crippen LogP contribution in [-0.2, 0) is 19.6 Å². The number of rotatable bonds is 5. The predicted molar refractivity (Wildman–Crippen MR) is 71.4 cm³/mol. The summed E-state index contributed by atoms with van der Waals surface area (Å²) < 4.78 is 29.0. The first-order valence-corrected chi connectivity index (χ1v) is 7.87. The standard InChI is InChI=1S/C13H17NO5S/c1-18-13(15)11-8-4-5-9-12(11)20(16,17)14-19-10-6-2-3-7-10/h4-5,8-10,14H,2-3,6-7H2,1H3. The van der Waals surface area contributed by atoms with E-state index in [9.17, 15) is 13.2 Å². The number of esters is 1. The maximum Gasteiger partial charge on any atom is 0.339 e. The van der Waals surface area contributed by atoms with Gasteiger partial charge in [0.25, 0.3) is 10.0 Å². The molecule has 1 aromatic rings. The molecule has 20 heavy (non-hydrogen) atoms. The molecule has 0 aromatic heterocycles. The molecular formula is C13H17NO5S. The molecule has 1 saturated carbocycles. The van der Waals surface area contributed by atoms with Crippen molar-refractivity contribution >= 4 is 16.0 Å². The summed E-state index contributed by atoms with van der Waals surface area (Å²) >= 11 is 0. The van der Waals surface area contributed by atoms with E-state index < -0.39 is 16.0 Å². The van der Waals surface area contributed by atoms with Crippen LogP contribution in [0.15, 0.2) is 29.2 Å². The van der Waals surface area contributed by atoms with E-state index in [1.807, 2.05) is 0 Å². The van der Waals surface area contributed by atoms with E-state index in [0.29, 0.717) is 0 Å². The van der Waals surface area contributed by atoms with Crippen LogP contribution >= 0.6 is 0 Å². The summed E-state index contributed by atoms with van der Waals surface area (Å²) in [5.41, 5.74) is -0.0162. The third-order valence-electron chi connectivity index (χ3n) is 3.21. The normalized spacial score (nSPS) is 16.2. The van der Waals surface area contributed by atoms with Gasteiger partial charge >= 0.3 is 5.97 Å². The fourth-order valence-electron chi connectivity index (χ4n) is 2.16. The lowest BCUT2D eigenvalue weighted by molar-refractivity contribution is 0.0223. The van der Waals surface area contributed by atoms with Crippen molar-refractivity contribution in [3.05, 3.63) is 29.8 Å². The third-order valence-corrected chi connectivity index (χ3v) is 4.46. The molecule has 0 unspecified atom stereocenters. The number of benzene rings is 1. The van der Waals surface area contributed by atoms with Crippen molar-refractivity contribution in [1.29, 1.82) is 0 Å². The van der Waals surface area contributed by atoms with Crippen LogP contribution in [0.2, 0.25) is 0 Å². The molecule has 1 aromatic carbocycles. The number of nitrogens with one attached hydrogen (secondary N) is 1. The van der Waals surface area contributed by atoms with Crippen LogP contribution in [0.3, 0.4) is 0 Å². The Morgan fingerprint density at radius 2 is 1.90 bits per heavy atom. The van der Waals surface area contributed by atoms with Gasteiger partial charge in [-0.2, -0.15) is 0 Å². The van der Waals surface area contributed by atoms with Crippen LogP contribution in [0, 0.1) is 0 Å². The first-order valence-electron chi connectivity index (χ1n) is 6.39. The molecule has 0 radical (unpaired) electrons. The van der Waals surface area contributed by atoms with Gasteiger partial charge in [-0.1, -0.05) is 29.9 Å². The highest BCUT2D eigenvalue weighted by molar-refractivity contribution is 7.89. The zero-order chi connectivity index (χ0) is 14.6. The number of methoxy groups -OCH3 is 1. The van der Waals surface area contributed by atoms with Gasteiger partial charge in [0.1, 0.15) is 0 Å². The van der Waals surface area contributed by atoms with Crippen molar-refractivity contribution in [2.45, 2.75) is 36.7 Å². The maximum absolute atomic E-state index is 12.2. The molecule has 110 valence electrons. The van der Waals surface area contributed by atoms with Gasteiger partial charge < -0.3 is 4.74 Å². The Morgan fingerprint density at radius 1 is 1.25 bits per heavy atom. The monoisotopic (exact) mass is 299 g/mol. The van der Waals surface area contributed by atoms with Crippen molar-refractivity contribution in [2.75, 3.05) is 7.11 Å². The number of ether oxygens (including phenoxy) is 1. The number of carbonyl (C=O) groups is 1. The van der Waals surface area contributed by atoms with E-state index in [4.69, 9.17) is 4.84 Å². The number of carbonyl (C=O) groups excluding carboxylic acids is 1. The number of hydrogen-bond donors (Lipinski definition) is 1. The van der Waals surface area contributed by atoms with Gasteiger partial charge in [0.15, 0.2) is 0 Å². The minimum Gasteiger partial charge on any atom is -0.465 e. The molecule has 0 spiro atoms. The first-order chi connectivity index (χ1) is 9.54. The van der Waals surface area contributed by atoms with Crippen molar-refractivity contribution in [3.63, 3.8) is 0 Å². The quantitative estimate of drug-likeness (QED) is 0.660. The van der Waals surface area contributed by atoms with E-state index in [0.717, 1.165) is 25.7 Å². The second-order valence-electron chi connectivity index (χ2n) is 4.60. The molecule has 7 heteroatoms. The van der Waals surface area contributed by atoms with E-state index in [1.54, 1.807) is 6.07 Å². The molecule has 2 rings (SSSR count). The van der Waals surface area contributed by atoms with Gasteiger partial charge in [0.05, 0.1) is 23.7 Å². The average molecular weight is 299 g/mol. The zero-order valence-corrected chi connectivity index (χ0v) is 12.0. The van der Waals surface area contributed by atoms with Crippen LogP contribution < -0.4 is 4.89 Å². The van der Waals surface area contributed by atoms with E-state index in [1.165, 1.54) is 25.3 Å². The maximum atomic E-state index is 12.2. The van der Waals surface area contributed by atoms with E-state index in [2.05, 4.69) is 9.62 Å². The largest absolute Gasteiger partial charge is 0.465 e. The fourth-order valence-corrected chi connectivity index (χ4v) is 3.21. The van der Waals surface area contributed by atoms with Gasteiger partial charge in [0, 0.05) is 0 Å². The lowest BCUT2D eigenvalue weighted by Crippen LogP contribution is -2.29. The Morgan fingerprint density at radius 3 is 2.55 bits per heavy atom. The van der Waals surface area contributed by atoms with Gasteiger partial charge in [-0.25, -0.2) is 13.2 Å². The molecule has 1 aliphatic carbocycles. The van der Waals surface area contributed by atoms with Crippen LogP contribution in [0.25, 0.3) is 0 Å². The predicted octanol–water partition coefficient (Wildman–Crippen LogP) is 1.63. The summed E-state index contributed by atoms with van der Waals surface area (Å²) in [5, 5.41) is 0. The molecule has 1 N–H and O–H groups in total. The smallest absolute Gasteiger partial charge is 0.339 e. The van der Waals surface area contributed by atoms with Crippen molar-refractivity contribution in [3.8, 4) is 0 Å². The highest BCUT2D eigenvalue weighted by Crippen LogP contribution is 2.21. The molecule has 0 saturated heterocycles. The lowest BCUT2D eigenvalue weighted by atomic mass is 10.2. The van der Waals surface area contributed by atoms with Crippen molar-refractivity contribution in [2.24, 2.45) is 0 Å². The summed E-state index contributed by atoms with van der Waals surface area (Å²) in [6, 6.07) is 5.85. The Kier molecular flexibility index (Phi) is 4.74. The van der Waals surface area contributed by atoms with Crippen LogP contribution in [0.1, 0.15) is 36.0 Å². The number of sulfonamides is 1. The second-order valence-corrected chi connectivity index (χ2v) is 6.21. The molecular weight excluding hydrogens is 282 g/mol. The van der Waals surface area contributed by atoms with Crippen molar-refractivity contribution < 1.29 is 22.8 Å². The first kappa shape index (κ1) is 15.0. The average Bonchev–Trinajstić information content (AvgIpc) is 2.98. The molecule has 1 fully saturated rings. The topological polar surface area (TPSA) is 81.7 Å². The van der Waals surface area contributed by atoms with Gasteiger partial charge in [0.2, 0.25) is 0 Å². The summed E-state index contributed by atoms with van der Waals surface area (Å²) in [6.45, 7) is 0. The van der Waals surface area contributed by atoms with Crippen LogP contribution in [0.4, 0.5) is 0 Å². The molecule has 0 aliphatic heterocycles. The molecule has 0 atom stereocenters. The highest BCUT2D eigenvalue weighted by atomic mass is 32.2. The molecule has 0 bridgehead atoms. The molecule has 0 amide bonds. The Balaban J connectivity index is 2.18. The van der Waals surface area contributed by atoms with Gasteiger partial charge in [-0.15, -0.1) is 0 Å². The summed E-state index contributed by atoms with van der Waals surface area (Å²) in [6.07, 6.45) is 3.63. The van der Waals surface area contributed by atoms with Crippen LogP contribution in [0.5, 0.6) is 0 Å². The summed E-state index contributed by atoms with van der Waals surface area (Å²) in [4.78, 5) is 18.7. The minimum absolute atomic E-state index is 0.0162. The fraction of sp³-hybridized carbons (Fsp3) is 0.462. The molecule has 0 heterocycles. The molecule has 1 aliphatic rings. The Labute approximate surface area is 118 Å². The number of hydrogen-bond acceptors (Lipinski definition) is 5. The van der Waals surface area contributed by atoms with Crippen LogP contribution in [-0.4, -0.2) is 27.6 Å². The Bertz CT molecular complexity index is 578. The molecule has 6 nitrogen and oxygen atoms in total. The van der Waals surface area contributed by atoms with Crippen molar-refractivity contribution in [1.82, 2.24) is 4.89 Å². The zero-order valence-electron chi connectivity index (χ0n) is 11.2. The van der Waals surface area contributed by atoms with Gasteiger partial charge in [-0.3, -0.25) is 4.84 Å². The lowest BCUT2D eigenvalue weighted by Gasteiger charge is -2.13. The summed E-state index contributed by atoms with van der Waals surface area (Å²) in [5.74, 6) is -0.702. The summed E-state index contributed by atoms with van der Waals surface area (Å²) in [7, 11) is -2.70. The SMILES string of the molecule is COC(=O)c1ccccc1S(=O)(=O)NOC1CCCC1. The minimum atomic E-state index is -3.91. The second kappa shape index (κ2) is 6.34. The highest BCUT2D eigenvalue weighted by Gasteiger charge is 2.25.